The summed E-state index contributed by atoms with van der Waals surface area (Å²) in [5.41, 5.74) is 7.32. The van der Waals surface area contributed by atoms with Crippen molar-refractivity contribution in [1.82, 2.24) is 10.3 Å². The number of nitrogens with two attached hydrogens (primary N) is 1. The highest BCUT2D eigenvalue weighted by atomic mass is 16.1. The van der Waals surface area contributed by atoms with Crippen LogP contribution in [0.5, 0.6) is 0 Å². The van der Waals surface area contributed by atoms with Crippen molar-refractivity contribution in [2.45, 2.75) is 64.8 Å². The van der Waals surface area contributed by atoms with E-state index < -0.39 is 0 Å². The van der Waals surface area contributed by atoms with Crippen molar-refractivity contribution in [3.8, 4) is 0 Å². The Kier molecular flexibility index (Phi) is 5.21. The molecule has 0 aliphatic heterocycles. The van der Waals surface area contributed by atoms with Gasteiger partial charge in [-0.05, 0) is 36.8 Å². The summed E-state index contributed by atoms with van der Waals surface area (Å²) in [4.78, 5) is 16.7. The Labute approximate surface area is 127 Å². The first-order valence-electron chi connectivity index (χ1n) is 8.08. The highest BCUT2D eigenvalue weighted by Gasteiger charge is 2.23. The fourth-order valence-electron chi connectivity index (χ4n) is 3.06. The fourth-order valence-corrected chi connectivity index (χ4v) is 3.06. The number of aromatic nitrogens is 1. The Balaban J connectivity index is 2.06. The van der Waals surface area contributed by atoms with E-state index in [1.165, 1.54) is 19.3 Å². The van der Waals surface area contributed by atoms with E-state index in [0.29, 0.717) is 17.4 Å². The van der Waals surface area contributed by atoms with Crippen LogP contribution >= 0.6 is 0 Å². The Hall–Kier alpha value is -1.58. The second-order valence-corrected chi connectivity index (χ2v) is 6.47. The number of anilines is 1. The maximum Gasteiger partial charge on any atom is 0.251 e. The van der Waals surface area contributed by atoms with Gasteiger partial charge in [0.1, 0.15) is 5.82 Å². The smallest absolute Gasteiger partial charge is 0.251 e. The molecular weight excluding hydrogens is 262 g/mol. The molecule has 3 N–H and O–H groups in total. The van der Waals surface area contributed by atoms with Gasteiger partial charge in [0.05, 0.1) is 0 Å². The highest BCUT2D eigenvalue weighted by molar-refractivity contribution is 5.95. The fraction of sp³-hybridized carbons (Fsp3) is 0.647. The monoisotopic (exact) mass is 289 g/mol. The zero-order valence-corrected chi connectivity index (χ0v) is 13.4. The molecule has 0 bridgehead atoms. The molecule has 1 amide bonds. The van der Waals surface area contributed by atoms with Crippen LogP contribution in [0.25, 0.3) is 0 Å². The third-order valence-corrected chi connectivity index (χ3v) is 4.41. The molecule has 1 aromatic rings. The molecule has 0 radical (unpaired) electrons. The van der Waals surface area contributed by atoms with Gasteiger partial charge in [0.25, 0.3) is 5.91 Å². The average molecular weight is 289 g/mol. The van der Waals surface area contributed by atoms with Crippen molar-refractivity contribution < 1.29 is 4.79 Å². The number of hydrogen-bond donors (Lipinski definition) is 2. The zero-order chi connectivity index (χ0) is 15.4. The van der Waals surface area contributed by atoms with Crippen molar-refractivity contribution in [1.29, 1.82) is 0 Å². The molecular formula is C17H27N3O. The van der Waals surface area contributed by atoms with Crippen LogP contribution in [-0.2, 0) is 0 Å². The predicted molar refractivity (Wildman–Crippen MR) is 86.2 cm³/mol. The molecule has 1 fully saturated rings. The van der Waals surface area contributed by atoms with E-state index in [9.17, 15) is 4.79 Å². The second-order valence-electron chi connectivity index (χ2n) is 6.47. The van der Waals surface area contributed by atoms with Gasteiger partial charge in [-0.15, -0.1) is 0 Å². The van der Waals surface area contributed by atoms with Crippen LogP contribution in [0.2, 0.25) is 0 Å². The number of carbonyl (C=O) groups is 1. The largest absolute Gasteiger partial charge is 0.384 e. The maximum absolute atomic E-state index is 12.4. The van der Waals surface area contributed by atoms with Crippen LogP contribution in [-0.4, -0.2) is 16.9 Å². The molecule has 2 unspecified atom stereocenters. The van der Waals surface area contributed by atoms with E-state index in [4.69, 9.17) is 5.73 Å². The lowest BCUT2D eigenvalue weighted by molar-refractivity contribution is 0.0919. The molecule has 21 heavy (non-hydrogen) atoms. The summed E-state index contributed by atoms with van der Waals surface area (Å²) in [7, 11) is 0. The number of hydrogen-bond acceptors (Lipinski definition) is 3. The Bertz CT molecular complexity index is 499. The molecule has 0 spiro atoms. The predicted octanol–water partition coefficient (Wildman–Crippen LogP) is 3.49. The summed E-state index contributed by atoms with van der Waals surface area (Å²) in [5, 5.41) is 3.17. The molecule has 1 aromatic heterocycles. The first-order chi connectivity index (χ1) is 9.99. The number of nitrogens with one attached hydrogen (secondary N) is 1. The summed E-state index contributed by atoms with van der Waals surface area (Å²) in [6, 6.07) is 3.82. The molecule has 4 heteroatoms. The number of pyridine rings is 1. The minimum absolute atomic E-state index is 0.0206. The summed E-state index contributed by atoms with van der Waals surface area (Å²) < 4.78 is 0. The van der Waals surface area contributed by atoms with E-state index in [1.54, 1.807) is 6.07 Å². The molecule has 1 heterocycles. The number of amides is 1. The van der Waals surface area contributed by atoms with Gasteiger partial charge in [0, 0.05) is 17.3 Å². The van der Waals surface area contributed by atoms with Crippen molar-refractivity contribution in [3.63, 3.8) is 0 Å². The maximum atomic E-state index is 12.4. The highest BCUT2D eigenvalue weighted by Crippen LogP contribution is 2.27. The average Bonchev–Trinajstić information content (AvgIpc) is 2.46. The summed E-state index contributed by atoms with van der Waals surface area (Å²) >= 11 is 0. The van der Waals surface area contributed by atoms with Gasteiger partial charge in [-0.2, -0.15) is 0 Å². The number of nitrogens with zero attached hydrogens (tertiary/aromatic N) is 1. The summed E-state index contributed by atoms with van der Waals surface area (Å²) in [5.74, 6) is 1.41. The third kappa shape index (κ3) is 4.19. The van der Waals surface area contributed by atoms with E-state index in [1.807, 2.05) is 6.07 Å². The van der Waals surface area contributed by atoms with Gasteiger partial charge in [-0.25, -0.2) is 4.98 Å². The Morgan fingerprint density at radius 1 is 1.43 bits per heavy atom. The molecule has 0 saturated heterocycles. The van der Waals surface area contributed by atoms with E-state index in [2.05, 4.69) is 31.1 Å². The number of nitrogen functional groups attached to an aromatic ring is 1. The van der Waals surface area contributed by atoms with Crippen molar-refractivity contribution in [3.05, 3.63) is 23.4 Å². The van der Waals surface area contributed by atoms with Crippen LogP contribution in [0.15, 0.2) is 12.1 Å². The van der Waals surface area contributed by atoms with Crippen LogP contribution < -0.4 is 11.1 Å². The molecule has 116 valence electrons. The van der Waals surface area contributed by atoms with E-state index in [0.717, 1.165) is 24.5 Å². The third-order valence-electron chi connectivity index (χ3n) is 4.41. The van der Waals surface area contributed by atoms with Gasteiger partial charge in [-0.1, -0.05) is 40.0 Å². The van der Waals surface area contributed by atoms with Crippen LogP contribution in [0, 0.1) is 5.92 Å². The lowest BCUT2D eigenvalue weighted by atomic mass is 9.84. The van der Waals surface area contributed by atoms with E-state index in [-0.39, 0.29) is 11.8 Å². The molecule has 2 rings (SSSR count). The van der Waals surface area contributed by atoms with Gasteiger partial charge >= 0.3 is 0 Å². The quantitative estimate of drug-likeness (QED) is 0.891. The Morgan fingerprint density at radius 3 is 2.86 bits per heavy atom. The summed E-state index contributed by atoms with van der Waals surface area (Å²) in [6.07, 6.45) is 5.88. The molecule has 4 nitrogen and oxygen atoms in total. The van der Waals surface area contributed by atoms with Crippen LogP contribution in [0.3, 0.4) is 0 Å². The second kappa shape index (κ2) is 6.92. The molecule has 1 saturated carbocycles. The zero-order valence-electron chi connectivity index (χ0n) is 13.4. The molecule has 1 aliphatic rings. The normalized spacial score (nSPS) is 22.3. The van der Waals surface area contributed by atoms with Crippen LogP contribution in [0.4, 0.5) is 5.82 Å². The standard InChI is InChI=1S/C17H27N3O/c1-4-12-6-5-7-14(8-12)19-17(21)13-9-15(11(2)3)20-16(18)10-13/h9-12,14H,4-8H2,1-3H3,(H2,18,20)(H,19,21). The number of rotatable bonds is 4. The van der Waals surface area contributed by atoms with Crippen LogP contribution in [0.1, 0.15) is 74.8 Å². The van der Waals surface area contributed by atoms with Crippen molar-refractivity contribution >= 4 is 11.7 Å². The molecule has 1 aliphatic carbocycles. The first kappa shape index (κ1) is 15.8. The minimum Gasteiger partial charge on any atom is -0.384 e. The topological polar surface area (TPSA) is 68.0 Å². The first-order valence-corrected chi connectivity index (χ1v) is 8.08. The SMILES string of the molecule is CCC1CCCC(NC(=O)c2cc(N)nc(C(C)C)c2)C1. The summed E-state index contributed by atoms with van der Waals surface area (Å²) in [6.45, 7) is 6.33. The van der Waals surface area contributed by atoms with E-state index >= 15 is 0 Å². The van der Waals surface area contributed by atoms with Crippen molar-refractivity contribution in [2.75, 3.05) is 5.73 Å². The van der Waals surface area contributed by atoms with Gasteiger partial charge in [0.2, 0.25) is 0 Å². The molecule has 0 aromatic carbocycles. The van der Waals surface area contributed by atoms with Gasteiger partial charge in [0.15, 0.2) is 0 Å². The minimum atomic E-state index is -0.0206. The number of carbonyl (C=O) groups excluding carboxylic acids is 1. The van der Waals surface area contributed by atoms with Gasteiger partial charge in [-0.3, -0.25) is 4.79 Å². The molecule has 2 atom stereocenters. The lowest BCUT2D eigenvalue weighted by Gasteiger charge is -2.29. The van der Waals surface area contributed by atoms with Crippen molar-refractivity contribution in [2.24, 2.45) is 5.92 Å². The van der Waals surface area contributed by atoms with Gasteiger partial charge < -0.3 is 11.1 Å². The lowest BCUT2D eigenvalue weighted by Crippen LogP contribution is -2.38. The Morgan fingerprint density at radius 2 is 2.19 bits per heavy atom.